The maximum absolute atomic E-state index is 12.2. The zero-order valence-electron chi connectivity index (χ0n) is 14.6. The summed E-state index contributed by atoms with van der Waals surface area (Å²) in [5, 5.41) is 13.2. The van der Waals surface area contributed by atoms with Crippen LogP contribution in [0.2, 0.25) is 0 Å². The molecule has 1 unspecified atom stereocenters. The molecule has 1 atom stereocenters. The maximum Gasteiger partial charge on any atom is 0.316 e. The van der Waals surface area contributed by atoms with Gasteiger partial charge in [0.15, 0.2) is 0 Å². The summed E-state index contributed by atoms with van der Waals surface area (Å²) in [6, 6.07) is 8.22. The number of carbonyl (C=O) groups excluding carboxylic acids is 2. The molecule has 0 aliphatic heterocycles. The highest BCUT2D eigenvalue weighted by Crippen LogP contribution is 2.19. The first-order valence-corrected chi connectivity index (χ1v) is 9.26. The van der Waals surface area contributed by atoms with E-state index >= 15 is 0 Å². The summed E-state index contributed by atoms with van der Waals surface area (Å²) < 4.78 is 5.19. The third kappa shape index (κ3) is 5.14. The lowest BCUT2D eigenvalue weighted by Gasteiger charge is -2.14. The normalized spacial score (nSPS) is 11.7. The number of urea groups is 1. The fraction of sp³-hybridized carbons (Fsp3) is 0.222. The summed E-state index contributed by atoms with van der Waals surface area (Å²) in [7, 11) is 0. The summed E-state index contributed by atoms with van der Waals surface area (Å²) in [6.45, 7) is 1.88. The highest BCUT2D eigenvalue weighted by Gasteiger charge is 2.13. The van der Waals surface area contributed by atoms with E-state index < -0.39 is 6.03 Å². The second kappa shape index (κ2) is 8.45. The number of rotatable bonds is 7. The molecule has 27 heavy (non-hydrogen) atoms. The fourth-order valence-electron chi connectivity index (χ4n) is 2.48. The summed E-state index contributed by atoms with van der Waals surface area (Å²) >= 11 is 1.56. The van der Waals surface area contributed by atoms with Gasteiger partial charge in [-0.2, -0.15) is 16.3 Å². The lowest BCUT2D eigenvalue weighted by molar-refractivity contribution is -0.121. The van der Waals surface area contributed by atoms with E-state index in [1.165, 1.54) is 0 Å². The molecule has 0 spiro atoms. The van der Waals surface area contributed by atoms with Crippen molar-refractivity contribution in [3.63, 3.8) is 0 Å². The van der Waals surface area contributed by atoms with E-state index in [2.05, 4.69) is 20.8 Å². The average Bonchev–Trinajstić information content (AvgIpc) is 3.31. The van der Waals surface area contributed by atoms with Crippen molar-refractivity contribution in [2.24, 2.45) is 5.73 Å². The van der Waals surface area contributed by atoms with E-state index in [1.807, 2.05) is 35.9 Å². The van der Waals surface area contributed by atoms with Crippen LogP contribution in [0, 0.1) is 0 Å². The topological polar surface area (TPSA) is 123 Å². The number of aromatic nitrogens is 2. The number of nitrogens with one attached hydrogen (secondary N) is 2. The molecule has 0 fully saturated rings. The van der Waals surface area contributed by atoms with Crippen molar-refractivity contribution in [1.82, 2.24) is 15.5 Å². The molecular formula is C18H19N5O3S. The number of thiophene rings is 1. The monoisotopic (exact) mass is 385 g/mol. The van der Waals surface area contributed by atoms with Crippen molar-refractivity contribution in [3.8, 4) is 11.4 Å². The minimum atomic E-state index is -0.618. The lowest BCUT2D eigenvalue weighted by atomic mass is 10.1. The number of hydrogen-bond acceptors (Lipinski definition) is 6. The number of carbonyl (C=O) groups is 2. The Labute approximate surface area is 159 Å². The standard InChI is InChI=1S/C18H19N5O3S/c1-11(12-2-4-14(5-3-12)21-18(19)25)20-15(24)6-7-16-22-17(23-26-16)13-8-9-27-10-13/h2-5,8-11H,6-7H2,1H3,(H,20,24)(H3,19,21,25). The Morgan fingerprint density at radius 2 is 2.04 bits per heavy atom. The molecule has 0 saturated heterocycles. The third-order valence-electron chi connectivity index (χ3n) is 3.87. The maximum atomic E-state index is 12.2. The summed E-state index contributed by atoms with van der Waals surface area (Å²) in [5.41, 5.74) is 7.49. The highest BCUT2D eigenvalue weighted by atomic mass is 32.1. The molecule has 0 aliphatic rings. The Morgan fingerprint density at radius 1 is 1.26 bits per heavy atom. The number of amides is 3. The average molecular weight is 385 g/mol. The van der Waals surface area contributed by atoms with Gasteiger partial charge < -0.3 is 20.9 Å². The van der Waals surface area contributed by atoms with Gasteiger partial charge in [0.05, 0.1) is 6.04 Å². The van der Waals surface area contributed by atoms with Crippen molar-refractivity contribution in [2.75, 3.05) is 5.32 Å². The zero-order valence-corrected chi connectivity index (χ0v) is 15.5. The molecule has 1 aromatic carbocycles. The van der Waals surface area contributed by atoms with Crippen molar-refractivity contribution in [1.29, 1.82) is 0 Å². The third-order valence-corrected chi connectivity index (χ3v) is 4.55. The molecule has 0 bridgehead atoms. The van der Waals surface area contributed by atoms with Crippen LogP contribution in [-0.2, 0) is 11.2 Å². The molecule has 3 rings (SSSR count). The van der Waals surface area contributed by atoms with Crippen LogP contribution in [0.3, 0.4) is 0 Å². The van der Waals surface area contributed by atoms with Gasteiger partial charge in [-0.1, -0.05) is 17.3 Å². The fourth-order valence-corrected chi connectivity index (χ4v) is 3.11. The summed E-state index contributed by atoms with van der Waals surface area (Å²) in [4.78, 5) is 27.3. The molecule has 2 heterocycles. The van der Waals surface area contributed by atoms with Crippen LogP contribution < -0.4 is 16.4 Å². The van der Waals surface area contributed by atoms with E-state index in [-0.39, 0.29) is 18.4 Å². The van der Waals surface area contributed by atoms with Crippen molar-refractivity contribution >= 4 is 29.0 Å². The van der Waals surface area contributed by atoms with Crippen molar-refractivity contribution < 1.29 is 14.1 Å². The molecule has 9 heteroatoms. The van der Waals surface area contributed by atoms with Crippen LogP contribution in [0.1, 0.15) is 30.8 Å². The molecule has 3 aromatic rings. The smallest absolute Gasteiger partial charge is 0.316 e. The molecule has 8 nitrogen and oxygen atoms in total. The van der Waals surface area contributed by atoms with Gasteiger partial charge in [0.1, 0.15) is 0 Å². The predicted molar refractivity (Wildman–Crippen MR) is 102 cm³/mol. The second-order valence-corrected chi connectivity index (χ2v) is 6.70. The van der Waals surface area contributed by atoms with Crippen LogP contribution in [0.15, 0.2) is 45.6 Å². The Bertz CT molecular complexity index is 905. The molecule has 0 radical (unpaired) electrons. The number of aryl methyl sites for hydroxylation is 1. The number of hydrogen-bond donors (Lipinski definition) is 3. The number of nitrogens with zero attached hydrogens (tertiary/aromatic N) is 2. The lowest BCUT2D eigenvalue weighted by Crippen LogP contribution is -2.26. The van der Waals surface area contributed by atoms with Crippen LogP contribution >= 0.6 is 11.3 Å². The molecule has 0 aliphatic carbocycles. The number of nitrogens with two attached hydrogens (primary N) is 1. The Balaban J connectivity index is 1.49. The van der Waals surface area contributed by atoms with E-state index in [1.54, 1.807) is 23.5 Å². The molecule has 0 saturated carbocycles. The van der Waals surface area contributed by atoms with Crippen molar-refractivity contribution in [2.45, 2.75) is 25.8 Å². The Kier molecular flexibility index (Phi) is 5.82. The first kappa shape index (κ1) is 18.6. The van der Waals surface area contributed by atoms with E-state index in [0.717, 1.165) is 11.1 Å². The molecule has 2 aromatic heterocycles. The number of primary amides is 1. The summed E-state index contributed by atoms with van der Waals surface area (Å²) in [6.07, 6.45) is 0.619. The highest BCUT2D eigenvalue weighted by molar-refractivity contribution is 7.08. The number of benzene rings is 1. The van der Waals surface area contributed by atoms with E-state index in [4.69, 9.17) is 10.3 Å². The van der Waals surface area contributed by atoms with Crippen LogP contribution in [0.5, 0.6) is 0 Å². The van der Waals surface area contributed by atoms with Crippen molar-refractivity contribution in [3.05, 3.63) is 52.5 Å². The molecule has 4 N–H and O–H groups in total. The molecule has 140 valence electrons. The van der Waals surface area contributed by atoms with Gasteiger partial charge in [-0.05, 0) is 36.1 Å². The molecular weight excluding hydrogens is 366 g/mol. The first-order valence-electron chi connectivity index (χ1n) is 8.32. The van der Waals surface area contributed by atoms with Gasteiger partial charge in [-0.3, -0.25) is 4.79 Å². The Hall–Kier alpha value is -3.20. The Morgan fingerprint density at radius 3 is 2.70 bits per heavy atom. The summed E-state index contributed by atoms with van der Waals surface area (Å²) in [5.74, 6) is 0.850. The van der Waals surface area contributed by atoms with E-state index in [0.29, 0.717) is 23.8 Å². The van der Waals surface area contributed by atoms with Crippen LogP contribution in [0.4, 0.5) is 10.5 Å². The van der Waals surface area contributed by atoms with Gasteiger partial charge in [-0.15, -0.1) is 0 Å². The van der Waals surface area contributed by atoms with Gasteiger partial charge in [0, 0.05) is 29.5 Å². The largest absolute Gasteiger partial charge is 0.351 e. The van der Waals surface area contributed by atoms with Gasteiger partial charge in [-0.25, -0.2) is 4.79 Å². The quantitative estimate of drug-likeness (QED) is 0.577. The van der Waals surface area contributed by atoms with Gasteiger partial charge >= 0.3 is 6.03 Å². The molecule has 3 amide bonds. The SMILES string of the molecule is CC(NC(=O)CCc1nc(-c2ccsc2)no1)c1ccc(NC(N)=O)cc1. The zero-order chi connectivity index (χ0) is 19.2. The van der Waals surface area contributed by atoms with E-state index in [9.17, 15) is 9.59 Å². The first-order chi connectivity index (χ1) is 13.0. The van der Waals surface area contributed by atoms with Gasteiger partial charge in [0.25, 0.3) is 0 Å². The second-order valence-electron chi connectivity index (χ2n) is 5.92. The van der Waals surface area contributed by atoms with Crippen LogP contribution in [-0.4, -0.2) is 22.1 Å². The predicted octanol–water partition coefficient (Wildman–Crippen LogP) is 3.10. The minimum absolute atomic E-state index is 0.114. The van der Waals surface area contributed by atoms with Gasteiger partial charge in [0.2, 0.25) is 17.6 Å². The minimum Gasteiger partial charge on any atom is -0.351 e. The number of anilines is 1. The van der Waals surface area contributed by atoms with Crippen LogP contribution in [0.25, 0.3) is 11.4 Å².